The first-order valence-corrected chi connectivity index (χ1v) is 9.07. The molecule has 6 nitrogen and oxygen atoms in total. The first-order valence-electron chi connectivity index (χ1n) is 9.07. The van der Waals surface area contributed by atoms with Gasteiger partial charge in [-0.3, -0.25) is 9.59 Å². The fraction of sp³-hybridized carbons (Fsp3) is 0.500. The Morgan fingerprint density at radius 2 is 1.92 bits per heavy atom. The second-order valence-electron chi connectivity index (χ2n) is 6.34. The Bertz CT molecular complexity index is 838. The van der Waals surface area contributed by atoms with E-state index < -0.39 is 5.97 Å². The molecule has 0 saturated carbocycles. The number of aryl methyl sites for hydroxylation is 1. The van der Waals surface area contributed by atoms with Gasteiger partial charge >= 0.3 is 5.97 Å². The first kappa shape index (κ1) is 19.8. The zero-order valence-electron chi connectivity index (χ0n) is 16.1. The molecule has 0 spiro atoms. The Morgan fingerprint density at radius 1 is 1.19 bits per heavy atom. The molecule has 26 heavy (non-hydrogen) atoms. The van der Waals surface area contributed by atoms with Crippen molar-refractivity contribution in [2.24, 2.45) is 0 Å². The molecular formula is C20H27NO5. The van der Waals surface area contributed by atoms with Crippen LogP contribution >= 0.6 is 0 Å². The van der Waals surface area contributed by atoms with Gasteiger partial charge in [0.2, 0.25) is 5.75 Å². The molecule has 6 heteroatoms. The van der Waals surface area contributed by atoms with E-state index in [-0.39, 0.29) is 17.4 Å². The molecule has 0 saturated heterocycles. The number of rotatable bonds is 8. The molecule has 1 aromatic heterocycles. The zero-order valence-corrected chi connectivity index (χ0v) is 16.1. The lowest BCUT2D eigenvalue weighted by Crippen LogP contribution is -2.25. The zero-order chi connectivity index (χ0) is 19.3. The van der Waals surface area contributed by atoms with Crippen LogP contribution in [-0.4, -0.2) is 23.2 Å². The third-order valence-corrected chi connectivity index (χ3v) is 3.79. The van der Waals surface area contributed by atoms with Gasteiger partial charge in [0, 0.05) is 24.9 Å². The van der Waals surface area contributed by atoms with Gasteiger partial charge in [0.1, 0.15) is 5.75 Å². The minimum atomic E-state index is -0.552. The van der Waals surface area contributed by atoms with Crippen molar-refractivity contribution in [3.05, 3.63) is 28.6 Å². The average molecular weight is 361 g/mol. The molecule has 0 radical (unpaired) electrons. The van der Waals surface area contributed by atoms with E-state index in [9.17, 15) is 9.59 Å². The molecule has 1 aromatic carbocycles. The standard InChI is InChI=1S/C20H27NO5/c1-6-8-11-21-17-12-15(25-13(3)4)9-10-16(17)18(24-7-2)19(20(21)23)26-14(5)22/h9-10,12-13H,6-8,11H2,1-5H3. The molecular weight excluding hydrogens is 334 g/mol. The van der Waals surface area contributed by atoms with Gasteiger partial charge in [0.25, 0.3) is 5.56 Å². The quantitative estimate of drug-likeness (QED) is 0.667. The topological polar surface area (TPSA) is 66.8 Å². The van der Waals surface area contributed by atoms with Crippen molar-refractivity contribution in [3.8, 4) is 17.2 Å². The lowest BCUT2D eigenvalue weighted by atomic mass is 10.1. The van der Waals surface area contributed by atoms with Crippen LogP contribution in [0.1, 0.15) is 47.5 Å². The molecule has 0 unspecified atom stereocenters. The van der Waals surface area contributed by atoms with Crippen LogP contribution in [0.4, 0.5) is 0 Å². The Labute approximate surface area is 153 Å². The summed E-state index contributed by atoms with van der Waals surface area (Å²) in [6.07, 6.45) is 1.79. The van der Waals surface area contributed by atoms with Crippen LogP contribution in [-0.2, 0) is 11.3 Å². The summed E-state index contributed by atoms with van der Waals surface area (Å²) < 4.78 is 18.3. The van der Waals surface area contributed by atoms with E-state index in [2.05, 4.69) is 6.92 Å². The van der Waals surface area contributed by atoms with Crippen LogP contribution in [0.3, 0.4) is 0 Å². The van der Waals surface area contributed by atoms with Crippen molar-refractivity contribution in [3.63, 3.8) is 0 Å². The van der Waals surface area contributed by atoms with E-state index in [0.29, 0.717) is 30.2 Å². The van der Waals surface area contributed by atoms with Gasteiger partial charge in [-0.1, -0.05) is 13.3 Å². The molecule has 142 valence electrons. The number of aromatic nitrogens is 1. The van der Waals surface area contributed by atoms with E-state index >= 15 is 0 Å². The minimum absolute atomic E-state index is 0.0231. The van der Waals surface area contributed by atoms with Gasteiger partial charge in [0.05, 0.1) is 18.2 Å². The summed E-state index contributed by atoms with van der Waals surface area (Å²) in [6, 6.07) is 5.51. The first-order chi connectivity index (χ1) is 12.4. The molecule has 0 amide bonds. The van der Waals surface area contributed by atoms with Gasteiger partial charge in [-0.25, -0.2) is 0 Å². The van der Waals surface area contributed by atoms with E-state index in [0.717, 1.165) is 18.2 Å². The molecule has 0 N–H and O–H groups in total. The molecule has 2 aromatic rings. The fourth-order valence-corrected chi connectivity index (χ4v) is 2.78. The monoisotopic (exact) mass is 361 g/mol. The molecule has 0 aliphatic heterocycles. The minimum Gasteiger partial charge on any atom is -0.491 e. The smallest absolute Gasteiger partial charge is 0.308 e. The molecule has 0 fully saturated rings. The second-order valence-corrected chi connectivity index (χ2v) is 6.34. The van der Waals surface area contributed by atoms with Crippen LogP contribution in [0.2, 0.25) is 0 Å². The van der Waals surface area contributed by atoms with Crippen molar-refractivity contribution >= 4 is 16.9 Å². The van der Waals surface area contributed by atoms with Gasteiger partial charge in [-0.2, -0.15) is 0 Å². The SMILES string of the molecule is CCCCn1c(=O)c(OC(C)=O)c(OCC)c2ccc(OC(C)C)cc21. The Balaban J connectivity index is 2.78. The number of hydrogen-bond acceptors (Lipinski definition) is 5. The number of ether oxygens (including phenoxy) is 3. The summed E-state index contributed by atoms with van der Waals surface area (Å²) in [4.78, 5) is 24.5. The maximum Gasteiger partial charge on any atom is 0.308 e. The van der Waals surface area contributed by atoms with Crippen LogP contribution in [0.5, 0.6) is 17.2 Å². The number of pyridine rings is 1. The van der Waals surface area contributed by atoms with Crippen molar-refractivity contribution < 1.29 is 19.0 Å². The lowest BCUT2D eigenvalue weighted by Gasteiger charge is -2.18. The molecule has 0 aliphatic rings. The summed E-state index contributed by atoms with van der Waals surface area (Å²) in [5.74, 6) is 0.371. The van der Waals surface area contributed by atoms with Gasteiger partial charge in [-0.05, 0) is 39.3 Å². The Morgan fingerprint density at radius 3 is 2.50 bits per heavy atom. The van der Waals surface area contributed by atoms with Gasteiger partial charge in [-0.15, -0.1) is 0 Å². The predicted molar refractivity (Wildman–Crippen MR) is 101 cm³/mol. The number of carbonyl (C=O) groups excluding carboxylic acids is 1. The van der Waals surface area contributed by atoms with Crippen LogP contribution in [0.15, 0.2) is 23.0 Å². The number of unbranched alkanes of at least 4 members (excludes halogenated alkanes) is 1. The maximum atomic E-state index is 13.0. The van der Waals surface area contributed by atoms with E-state index in [4.69, 9.17) is 14.2 Å². The lowest BCUT2D eigenvalue weighted by molar-refractivity contribution is -0.132. The number of nitrogens with zero attached hydrogens (tertiary/aromatic N) is 1. The predicted octanol–water partition coefficient (Wildman–Crippen LogP) is 3.91. The highest BCUT2D eigenvalue weighted by atomic mass is 16.6. The molecule has 1 heterocycles. The second kappa shape index (κ2) is 8.74. The number of fused-ring (bicyclic) bond motifs is 1. The molecule has 2 rings (SSSR count). The van der Waals surface area contributed by atoms with E-state index in [1.165, 1.54) is 6.92 Å². The summed E-state index contributed by atoms with van der Waals surface area (Å²) >= 11 is 0. The van der Waals surface area contributed by atoms with Crippen molar-refractivity contribution in [2.75, 3.05) is 6.61 Å². The largest absolute Gasteiger partial charge is 0.491 e. The number of carbonyl (C=O) groups is 1. The molecule has 0 bridgehead atoms. The number of benzene rings is 1. The van der Waals surface area contributed by atoms with Crippen molar-refractivity contribution in [2.45, 2.75) is 60.1 Å². The van der Waals surface area contributed by atoms with Crippen molar-refractivity contribution in [1.82, 2.24) is 4.57 Å². The fourth-order valence-electron chi connectivity index (χ4n) is 2.78. The van der Waals surface area contributed by atoms with Gasteiger partial charge < -0.3 is 18.8 Å². The van der Waals surface area contributed by atoms with Crippen LogP contribution in [0.25, 0.3) is 10.9 Å². The number of hydrogen-bond donors (Lipinski definition) is 0. The maximum absolute atomic E-state index is 13.0. The third kappa shape index (κ3) is 4.36. The summed E-state index contributed by atoms with van der Waals surface area (Å²) in [5, 5.41) is 0.718. The Kier molecular flexibility index (Phi) is 6.66. The van der Waals surface area contributed by atoms with Gasteiger partial charge in [0.15, 0.2) is 5.75 Å². The molecule has 0 atom stereocenters. The normalized spacial score (nSPS) is 11.0. The Hall–Kier alpha value is -2.50. The summed E-state index contributed by atoms with van der Waals surface area (Å²) in [6.45, 7) is 9.93. The highest BCUT2D eigenvalue weighted by Crippen LogP contribution is 2.35. The number of esters is 1. The van der Waals surface area contributed by atoms with Crippen LogP contribution in [0, 0.1) is 0 Å². The average Bonchev–Trinajstić information content (AvgIpc) is 2.57. The summed E-state index contributed by atoms with van der Waals surface area (Å²) in [7, 11) is 0. The van der Waals surface area contributed by atoms with Crippen molar-refractivity contribution in [1.29, 1.82) is 0 Å². The van der Waals surface area contributed by atoms with E-state index in [1.54, 1.807) is 4.57 Å². The van der Waals surface area contributed by atoms with Crippen LogP contribution < -0.4 is 19.8 Å². The highest BCUT2D eigenvalue weighted by Gasteiger charge is 2.21. The third-order valence-electron chi connectivity index (χ3n) is 3.79. The highest BCUT2D eigenvalue weighted by molar-refractivity contribution is 5.90. The molecule has 0 aliphatic carbocycles. The summed E-state index contributed by atoms with van der Waals surface area (Å²) in [5.41, 5.74) is 0.340. The van der Waals surface area contributed by atoms with E-state index in [1.807, 2.05) is 39.0 Å².